The molecule has 2 aromatic carbocycles. The van der Waals surface area contributed by atoms with E-state index in [-0.39, 0.29) is 12.3 Å². The van der Waals surface area contributed by atoms with E-state index in [1.165, 1.54) is 6.07 Å². The Kier molecular flexibility index (Phi) is 4.92. The van der Waals surface area contributed by atoms with Crippen LogP contribution in [0.25, 0.3) is 10.8 Å². The van der Waals surface area contributed by atoms with E-state index >= 15 is 0 Å². The lowest BCUT2D eigenvalue weighted by atomic mass is 10.0. The van der Waals surface area contributed by atoms with Crippen molar-refractivity contribution in [2.24, 2.45) is 0 Å². The summed E-state index contributed by atoms with van der Waals surface area (Å²) in [5.41, 5.74) is 0.550. The maximum atomic E-state index is 12.6. The lowest BCUT2D eigenvalue weighted by Gasteiger charge is -2.23. The van der Waals surface area contributed by atoms with Crippen molar-refractivity contribution >= 4 is 16.7 Å². The lowest BCUT2D eigenvalue weighted by molar-refractivity contribution is -0.142. The van der Waals surface area contributed by atoms with Crippen molar-refractivity contribution in [2.45, 2.75) is 26.1 Å². The zero-order valence-corrected chi connectivity index (χ0v) is 12.3. The van der Waals surface area contributed by atoms with Crippen molar-refractivity contribution in [1.82, 2.24) is 4.90 Å². The minimum absolute atomic E-state index is 0.0677. The molecule has 118 valence electrons. The van der Waals surface area contributed by atoms with Crippen molar-refractivity contribution < 1.29 is 23.4 Å². The summed E-state index contributed by atoms with van der Waals surface area (Å²) in [6.45, 7) is -1.19. The van der Waals surface area contributed by atoms with Crippen LogP contribution < -0.4 is 4.74 Å². The van der Waals surface area contributed by atoms with Crippen LogP contribution in [0.2, 0.25) is 0 Å². The first kappa shape index (κ1) is 16.2. The van der Waals surface area contributed by atoms with Gasteiger partial charge in [0.1, 0.15) is 11.8 Å². The monoisotopic (exact) mass is 309 g/mol. The number of rotatable bonds is 6. The number of carboxylic acid groups (broad SMARTS) is 1. The number of benzene rings is 2. The number of hydrogen-bond donors (Lipinski definition) is 1. The summed E-state index contributed by atoms with van der Waals surface area (Å²) in [6.07, 6.45) is 0. The Bertz CT molecular complexity index is 675. The van der Waals surface area contributed by atoms with Crippen molar-refractivity contribution in [3.63, 3.8) is 0 Å². The molecule has 1 N–H and O–H groups in total. The molecule has 0 aliphatic rings. The van der Waals surface area contributed by atoms with Crippen LogP contribution in [0.15, 0.2) is 36.4 Å². The molecule has 0 saturated carbocycles. The Hall–Kier alpha value is -2.21. The summed E-state index contributed by atoms with van der Waals surface area (Å²) in [5, 5.41) is 10.7. The number of likely N-dealkylation sites (N-methyl/N-ethyl adjacent to an activating group) is 1. The Balaban J connectivity index is 2.45. The Morgan fingerprint density at radius 1 is 1.27 bits per heavy atom. The van der Waals surface area contributed by atoms with E-state index in [0.29, 0.717) is 5.56 Å². The predicted octanol–water partition coefficient (Wildman–Crippen LogP) is 3.35. The fourth-order valence-electron chi connectivity index (χ4n) is 2.26. The molecular formula is C16H17F2NO3. The highest BCUT2D eigenvalue weighted by atomic mass is 19.3. The minimum atomic E-state index is -2.93. The van der Waals surface area contributed by atoms with E-state index in [1.54, 1.807) is 31.0 Å². The molecule has 0 spiro atoms. The number of aliphatic carboxylic acids is 1. The number of fused-ring (bicyclic) bond motifs is 1. The van der Waals surface area contributed by atoms with Gasteiger partial charge in [0.2, 0.25) is 0 Å². The third-order valence-corrected chi connectivity index (χ3v) is 3.64. The third-order valence-electron chi connectivity index (χ3n) is 3.64. The number of hydrogen-bond acceptors (Lipinski definition) is 3. The summed E-state index contributed by atoms with van der Waals surface area (Å²) in [7, 11) is 1.63. The molecule has 0 aliphatic carbocycles. The van der Waals surface area contributed by atoms with Gasteiger partial charge in [-0.05, 0) is 30.8 Å². The van der Waals surface area contributed by atoms with Crippen LogP contribution in [0.5, 0.6) is 5.75 Å². The van der Waals surface area contributed by atoms with Crippen molar-refractivity contribution in [3.8, 4) is 5.75 Å². The van der Waals surface area contributed by atoms with Crippen molar-refractivity contribution in [3.05, 3.63) is 42.0 Å². The van der Waals surface area contributed by atoms with Gasteiger partial charge in [0.25, 0.3) is 0 Å². The largest absolute Gasteiger partial charge is 0.480 e. The van der Waals surface area contributed by atoms with Crippen molar-refractivity contribution in [1.29, 1.82) is 0 Å². The predicted molar refractivity (Wildman–Crippen MR) is 79.1 cm³/mol. The molecule has 0 aromatic heterocycles. The SMILES string of the molecule is CC(C(=O)O)N(C)Cc1c(OC(F)F)ccc2ccccc12. The molecule has 1 atom stereocenters. The first-order valence-corrected chi connectivity index (χ1v) is 6.78. The van der Waals surface area contributed by atoms with Gasteiger partial charge in [-0.3, -0.25) is 9.69 Å². The van der Waals surface area contributed by atoms with Gasteiger partial charge in [-0.25, -0.2) is 0 Å². The number of ether oxygens (including phenoxy) is 1. The first-order chi connectivity index (χ1) is 10.4. The molecule has 0 heterocycles. The highest BCUT2D eigenvalue weighted by Crippen LogP contribution is 2.30. The van der Waals surface area contributed by atoms with Gasteiger partial charge >= 0.3 is 12.6 Å². The van der Waals surface area contributed by atoms with Crippen LogP contribution in [-0.4, -0.2) is 35.7 Å². The molecule has 22 heavy (non-hydrogen) atoms. The molecule has 4 nitrogen and oxygen atoms in total. The van der Waals surface area contributed by atoms with Crippen LogP contribution in [0.3, 0.4) is 0 Å². The summed E-state index contributed by atoms with van der Waals surface area (Å²) < 4.78 is 29.8. The second kappa shape index (κ2) is 6.70. The zero-order valence-electron chi connectivity index (χ0n) is 12.3. The quantitative estimate of drug-likeness (QED) is 0.889. The highest BCUT2D eigenvalue weighted by Gasteiger charge is 2.20. The zero-order chi connectivity index (χ0) is 16.3. The molecule has 0 saturated heterocycles. The molecule has 2 aromatic rings. The van der Waals surface area contributed by atoms with Gasteiger partial charge in [0.15, 0.2) is 0 Å². The molecule has 0 radical (unpaired) electrons. The van der Waals surface area contributed by atoms with E-state index in [4.69, 9.17) is 5.11 Å². The second-order valence-electron chi connectivity index (χ2n) is 5.07. The number of nitrogens with zero attached hydrogens (tertiary/aromatic N) is 1. The third kappa shape index (κ3) is 3.51. The van der Waals surface area contributed by atoms with Gasteiger partial charge in [0.05, 0.1) is 0 Å². The van der Waals surface area contributed by atoms with E-state index in [0.717, 1.165) is 10.8 Å². The van der Waals surface area contributed by atoms with E-state index in [2.05, 4.69) is 4.74 Å². The molecular weight excluding hydrogens is 292 g/mol. The van der Waals surface area contributed by atoms with Crippen LogP contribution >= 0.6 is 0 Å². The van der Waals surface area contributed by atoms with Gasteiger partial charge in [-0.1, -0.05) is 30.3 Å². The maximum absolute atomic E-state index is 12.6. The summed E-state index contributed by atoms with van der Waals surface area (Å²) in [4.78, 5) is 12.6. The Morgan fingerprint density at radius 3 is 2.59 bits per heavy atom. The van der Waals surface area contributed by atoms with Gasteiger partial charge in [-0.15, -0.1) is 0 Å². The minimum Gasteiger partial charge on any atom is -0.480 e. The molecule has 0 bridgehead atoms. The van der Waals surface area contributed by atoms with Crippen molar-refractivity contribution in [2.75, 3.05) is 7.05 Å². The van der Waals surface area contributed by atoms with Crippen LogP contribution in [0, 0.1) is 0 Å². The van der Waals surface area contributed by atoms with Gasteiger partial charge in [-0.2, -0.15) is 8.78 Å². The van der Waals surface area contributed by atoms with Gasteiger partial charge < -0.3 is 9.84 Å². The number of alkyl halides is 2. The fourth-order valence-corrected chi connectivity index (χ4v) is 2.26. The lowest BCUT2D eigenvalue weighted by Crippen LogP contribution is -2.35. The van der Waals surface area contributed by atoms with Crippen LogP contribution in [0.4, 0.5) is 8.78 Å². The molecule has 2 rings (SSSR count). The first-order valence-electron chi connectivity index (χ1n) is 6.78. The summed E-state index contributed by atoms with van der Waals surface area (Å²) in [6, 6.07) is 9.79. The molecule has 6 heteroatoms. The average Bonchev–Trinajstić information content (AvgIpc) is 2.48. The average molecular weight is 309 g/mol. The molecule has 1 unspecified atom stereocenters. The van der Waals surface area contributed by atoms with E-state index < -0.39 is 18.6 Å². The topological polar surface area (TPSA) is 49.8 Å². The standard InChI is InChI=1S/C16H17F2NO3/c1-10(15(20)21)19(2)9-13-12-6-4-3-5-11(12)7-8-14(13)22-16(17)18/h3-8,10,16H,9H2,1-2H3,(H,20,21). The Labute approximate surface area is 126 Å². The van der Waals surface area contributed by atoms with Gasteiger partial charge in [0, 0.05) is 12.1 Å². The Morgan fingerprint density at radius 2 is 1.95 bits per heavy atom. The maximum Gasteiger partial charge on any atom is 0.387 e. The number of halogens is 2. The highest BCUT2D eigenvalue weighted by molar-refractivity contribution is 5.87. The summed E-state index contributed by atoms with van der Waals surface area (Å²) >= 11 is 0. The number of carboxylic acids is 1. The van der Waals surface area contributed by atoms with E-state index in [9.17, 15) is 13.6 Å². The molecule has 0 aliphatic heterocycles. The molecule has 0 fully saturated rings. The smallest absolute Gasteiger partial charge is 0.387 e. The second-order valence-corrected chi connectivity index (χ2v) is 5.07. The van der Waals surface area contributed by atoms with Crippen LogP contribution in [0.1, 0.15) is 12.5 Å². The fraction of sp³-hybridized carbons (Fsp3) is 0.312. The number of carbonyl (C=O) groups is 1. The van der Waals surface area contributed by atoms with E-state index in [1.807, 2.05) is 18.2 Å². The normalized spacial score (nSPS) is 12.8. The van der Waals surface area contributed by atoms with Crippen LogP contribution in [-0.2, 0) is 11.3 Å². The molecule has 0 amide bonds. The summed E-state index contributed by atoms with van der Waals surface area (Å²) in [5.74, 6) is -0.905.